The molecule has 0 radical (unpaired) electrons. The molecular formula is C31H33N5O5S. The number of carbonyl (C=O) groups is 2. The third-order valence-electron chi connectivity index (χ3n) is 6.73. The number of urea groups is 1. The zero-order valence-electron chi connectivity index (χ0n) is 23.2. The van der Waals surface area contributed by atoms with Crippen LogP contribution in [0.15, 0.2) is 89.8 Å². The highest BCUT2D eigenvalue weighted by Gasteiger charge is 2.22. The van der Waals surface area contributed by atoms with E-state index in [0.29, 0.717) is 29.4 Å². The van der Waals surface area contributed by atoms with Gasteiger partial charge in [-0.2, -0.15) is 11.8 Å². The van der Waals surface area contributed by atoms with Gasteiger partial charge in [-0.1, -0.05) is 42.5 Å². The zero-order chi connectivity index (χ0) is 29.1. The molecule has 2 heterocycles. The minimum absolute atomic E-state index is 0.248. The molecule has 3 aromatic carbocycles. The number of benzene rings is 3. The van der Waals surface area contributed by atoms with Crippen LogP contribution in [0.1, 0.15) is 17.2 Å². The number of carbonyl (C=O) groups excluding carboxylic acids is 2. The Labute approximate surface area is 248 Å². The molecule has 4 aromatic rings. The number of methoxy groups -OCH3 is 1. The number of oxazole rings is 1. The van der Waals surface area contributed by atoms with Crippen molar-refractivity contribution in [3.63, 3.8) is 0 Å². The van der Waals surface area contributed by atoms with Gasteiger partial charge in [-0.05, 0) is 35.4 Å². The Bertz CT molecular complexity index is 1460. The van der Waals surface area contributed by atoms with Crippen LogP contribution in [0.4, 0.5) is 21.0 Å². The molecule has 5 rings (SSSR count). The Morgan fingerprint density at radius 1 is 1.00 bits per heavy atom. The van der Waals surface area contributed by atoms with Gasteiger partial charge in [0.15, 0.2) is 12.2 Å². The molecule has 11 heteroatoms. The third kappa shape index (κ3) is 8.05. The van der Waals surface area contributed by atoms with Crippen LogP contribution >= 0.6 is 11.8 Å². The molecule has 0 bridgehead atoms. The summed E-state index contributed by atoms with van der Waals surface area (Å²) in [5, 5.41) is 8.48. The van der Waals surface area contributed by atoms with Crippen LogP contribution in [-0.4, -0.2) is 60.3 Å². The van der Waals surface area contributed by atoms with Gasteiger partial charge in [0.2, 0.25) is 0 Å². The van der Waals surface area contributed by atoms with Crippen LogP contribution in [0, 0.1) is 0 Å². The summed E-state index contributed by atoms with van der Waals surface area (Å²) in [5.41, 5.74) is 3.63. The first-order valence-corrected chi connectivity index (χ1v) is 14.8. The van der Waals surface area contributed by atoms with E-state index in [9.17, 15) is 9.59 Å². The van der Waals surface area contributed by atoms with E-state index >= 15 is 0 Å². The highest BCUT2D eigenvalue weighted by atomic mass is 32.2. The van der Waals surface area contributed by atoms with Crippen molar-refractivity contribution in [2.24, 2.45) is 0 Å². The molecule has 1 aliphatic heterocycles. The first kappa shape index (κ1) is 29.0. The highest BCUT2D eigenvalue weighted by molar-refractivity contribution is 7.99. The van der Waals surface area contributed by atoms with Gasteiger partial charge in [0, 0.05) is 55.1 Å². The Hall–Kier alpha value is -4.48. The zero-order valence-corrected chi connectivity index (χ0v) is 24.1. The normalized spacial score (nSPS) is 14.0. The van der Waals surface area contributed by atoms with Gasteiger partial charge in [-0.3, -0.25) is 4.90 Å². The maximum Gasteiger partial charge on any atom is 0.408 e. The Kier molecular flexibility index (Phi) is 9.97. The van der Waals surface area contributed by atoms with Crippen molar-refractivity contribution >= 4 is 35.3 Å². The molecule has 0 saturated carbocycles. The maximum atomic E-state index is 12.8. The van der Waals surface area contributed by atoms with E-state index in [0.717, 1.165) is 41.3 Å². The van der Waals surface area contributed by atoms with Crippen molar-refractivity contribution in [2.75, 3.05) is 48.9 Å². The summed E-state index contributed by atoms with van der Waals surface area (Å²) < 4.78 is 16.7. The van der Waals surface area contributed by atoms with Crippen LogP contribution in [0.3, 0.4) is 0 Å². The van der Waals surface area contributed by atoms with E-state index in [1.807, 2.05) is 54.2 Å². The average Bonchev–Trinajstić information content (AvgIpc) is 3.56. The first-order chi connectivity index (χ1) is 20.6. The second kappa shape index (κ2) is 14.4. The smallest absolute Gasteiger partial charge is 0.408 e. The van der Waals surface area contributed by atoms with Crippen molar-refractivity contribution in [2.45, 2.75) is 12.6 Å². The summed E-state index contributed by atoms with van der Waals surface area (Å²) >= 11 is 1.95. The number of rotatable bonds is 10. The van der Waals surface area contributed by atoms with Crippen molar-refractivity contribution in [3.8, 4) is 17.1 Å². The number of hydrogen-bond acceptors (Lipinski definition) is 8. The number of nitrogens with one attached hydrogen (secondary N) is 3. The van der Waals surface area contributed by atoms with E-state index in [-0.39, 0.29) is 12.6 Å². The molecule has 1 saturated heterocycles. The minimum atomic E-state index is -0.492. The average molecular weight is 588 g/mol. The molecule has 0 spiro atoms. The van der Waals surface area contributed by atoms with Crippen molar-refractivity contribution < 1.29 is 23.5 Å². The summed E-state index contributed by atoms with van der Waals surface area (Å²) in [6.45, 7) is 2.86. The van der Waals surface area contributed by atoms with Crippen molar-refractivity contribution in [1.82, 2.24) is 15.2 Å². The molecule has 10 nitrogen and oxygen atoms in total. The van der Waals surface area contributed by atoms with E-state index in [1.165, 1.54) is 6.39 Å². The van der Waals surface area contributed by atoms with Gasteiger partial charge in [-0.15, -0.1) is 0 Å². The lowest BCUT2D eigenvalue weighted by Crippen LogP contribution is -2.38. The number of hydrogen-bond donors (Lipinski definition) is 3. The number of anilines is 2. The van der Waals surface area contributed by atoms with Crippen LogP contribution < -0.4 is 20.7 Å². The predicted molar refractivity (Wildman–Crippen MR) is 164 cm³/mol. The third-order valence-corrected chi connectivity index (χ3v) is 7.67. The summed E-state index contributed by atoms with van der Waals surface area (Å²) in [5.74, 6) is 3.27. The summed E-state index contributed by atoms with van der Waals surface area (Å²) in [6, 6.07) is 21.9. The number of alkyl carbamates (subject to hydrolysis) is 1. The summed E-state index contributed by atoms with van der Waals surface area (Å²) in [6.07, 6.45) is 2.08. The van der Waals surface area contributed by atoms with Gasteiger partial charge in [0.25, 0.3) is 0 Å². The van der Waals surface area contributed by atoms with Gasteiger partial charge in [0.05, 0.1) is 18.9 Å². The fourth-order valence-corrected chi connectivity index (χ4v) is 5.59. The van der Waals surface area contributed by atoms with Crippen molar-refractivity contribution in [1.29, 1.82) is 0 Å². The molecule has 0 unspecified atom stereocenters. The summed E-state index contributed by atoms with van der Waals surface area (Å²) in [7, 11) is 1.55. The second-order valence-corrected chi connectivity index (χ2v) is 10.9. The monoisotopic (exact) mass is 587 g/mol. The SMILES string of the molecule is COc1cc(NC(=O)Nc2cccc(CNC(=O)O[C@H](CN3CCSCC3)c3ccccc3)c2)ccc1-c1cnco1. The highest BCUT2D eigenvalue weighted by Crippen LogP contribution is 2.32. The number of nitrogens with zero attached hydrogens (tertiary/aromatic N) is 2. The topological polar surface area (TPSA) is 118 Å². The number of aromatic nitrogens is 1. The van der Waals surface area contributed by atoms with Gasteiger partial charge in [-0.25, -0.2) is 14.6 Å². The lowest BCUT2D eigenvalue weighted by atomic mass is 10.1. The van der Waals surface area contributed by atoms with Crippen LogP contribution in [0.5, 0.6) is 5.75 Å². The lowest BCUT2D eigenvalue weighted by Gasteiger charge is -2.30. The Balaban J connectivity index is 1.15. The molecule has 3 N–H and O–H groups in total. The quantitative estimate of drug-likeness (QED) is 0.207. The van der Waals surface area contributed by atoms with E-state index < -0.39 is 12.1 Å². The van der Waals surface area contributed by atoms with Crippen LogP contribution in [0.2, 0.25) is 0 Å². The molecule has 0 aliphatic carbocycles. The fraction of sp³-hybridized carbons (Fsp3) is 0.258. The molecular weight excluding hydrogens is 554 g/mol. The molecule has 218 valence electrons. The summed E-state index contributed by atoms with van der Waals surface area (Å²) in [4.78, 5) is 31.8. The largest absolute Gasteiger partial charge is 0.496 e. The number of ether oxygens (including phenoxy) is 2. The fourth-order valence-electron chi connectivity index (χ4n) is 4.62. The number of amides is 3. The Morgan fingerprint density at radius 3 is 2.52 bits per heavy atom. The van der Waals surface area contributed by atoms with Crippen LogP contribution in [0.25, 0.3) is 11.3 Å². The number of thioether (sulfide) groups is 1. The molecule has 3 amide bonds. The molecule has 1 fully saturated rings. The van der Waals surface area contributed by atoms with Gasteiger partial charge in [0.1, 0.15) is 11.9 Å². The van der Waals surface area contributed by atoms with E-state index in [4.69, 9.17) is 13.9 Å². The molecule has 1 aliphatic rings. The van der Waals surface area contributed by atoms with Crippen LogP contribution in [-0.2, 0) is 11.3 Å². The maximum absolute atomic E-state index is 12.8. The Morgan fingerprint density at radius 2 is 1.79 bits per heavy atom. The lowest BCUT2D eigenvalue weighted by molar-refractivity contribution is 0.0715. The molecule has 1 atom stereocenters. The van der Waals surface area contributed by atoms with E-state index in [1.54, 1.807) is 43.6 Å². The van der Waals surface area contributed by atoms with Crippen molar-refractivity contribution in [3.05, 3.63) is 96.5 Å². The molecule has 42 heavy (non-hydrogen) atoms. The predicted octanol–water partition coefficient (Wildman–Crippen LogP) is 6.01. The first-order valence-electron chi connectivity index (χ1n) is 13.6. The standard InChI is InChI=1S/C31H33N5O5S/c1-39-27-17-25(10-11-26(27)28-19-32-21-40-28)35-30(37)34-24-9-5-6-22(16-24)18-33-31(38)41-29(23-7-3-2-4-8-23)20-36-12-14-42-15-13-36/h2-11,16-17,19,21,29H,12-15,18,20H2,1H3,(H,33,38)(H2,34,35,37)/t29-/m1/s1. The van der Waals surface area contributed by atoms with E-state index in [2.05, 4.69) is 25.8 Å². The minimum Gasteiger partial charge on any atom is -0.496 e. The molecule has 1 aromatic heterocycles. The van der Waals surface area contributed by atoms with Gasteiger partial charge >= 0.3 is 12.1 Å². The second-order valence-electron chi connectivity index (χ2n) is 9.63. The van der Waals surface area contributed by atoms with Gasteiger partial charge < -0.3 is 29.8 Å².